The topological polar surface area (TPSA) is 35.5 Å². The quantitative estimate of drug-likeness (QED) is 0.305. The number of hydrogen-bond donors (Lipinski definition) is 0. The Hall–Kier alpha value is -1.77. The van der Waals surface area contributed by atoms with Crippen molar-refractivity contribution in [2.75, 3.05) is 13.2 Å². The summed E-state index contributed by atoms with van der Waals surface area (Å²) in [5.74, 6) is 0.715. The fourth-order valence-corrected chi connectivity index (χ4v) is 1.38. The maximum atomic E-state index is 11.7. The van der Waals surface area contributed by atoms with Gasteiger partial charge in [0.2, 0.25) is 0 Å². The summed E-state index contributed by atoms with van der Waals surface area (Å²) in [5, 5.41) is 0. The number of ketones is 1. The molecule has 0 spiro atoms. The lowest BCUT2D eigenvalue weighted by atomic mass is 10.1. The third-order valence-corrected chi connectivity index (χ3v) is 2.38. The molecule has 18 heavy (non-hydrogen) atoms. The minimum Gasteiger partial charge on any atom is -0.501 e. The molecule has 0 aliphatic carbocycles. The number of benzene rings is 1. The molecule has 3 heteroatoms. The fourth-order valence-electron chi connectivity index (χ4n) is 1.38. The van der Waals surface area contributed by atoms with Crippen molar-refractivity contribution in [1.82, 2.24) is 0 Å². The van der Waals surface area contributed by atoms with E-state index in [1.54, 1.807) is 24.3 Å². The smallest absolute Gasteiger partial charge is 0.188 e. The zero-order chi connectivity index (χ0) is 13.2. The van der Waals surface area contributed by atoms with Gasteiger partial charge in [-0.2, -0.15) is 0 Å². The Morgan fingerprint density at radius 3 is 2.56 bits per heavy atom. The second-order valence-electron chi connectivity index (χ2n) is 3.85. The Morgan fingerprint density at radius 2 is 1.94 bits per heavy atom. The molecule has 0 amide bonds. The van der Waals surface area contributed by atoms with E-state index in [0.717, 1.165) is 18.6 Å². The van der Waals surface area contributed by atoms with E-state index in [4.69, 9.17) is 9.47 Å². The molecule has 0 aromatic heterocycles. The summed E-state index contributed by atoms with van der Waals surface area (Å²) in [5.41, 5.74) is 0.633. The number of allylic oxidation sites excluding steroid dienone is 1. The first-order valence-electron chi connectivity index (χ1n) is 6.33. The Bertz CT molecular complexity index is 379. The first-order chi connectivity index (χ1) is 8.77. The van der Waals surface area contributed by atoms with Gasteiger partial charge in [0.05, 0.1) is 19.5 Å². The zero-order valence-corrected chi connectivity index (χ0v) is 11.0. The number of ether oxygens (including phenoxy) is 2. The molecule has 1 aromatic carbocycles. The number of carbonyl (C=O) groups is 1. The SMILES string of the molecule is CCCCO/C=C/C(=O)c1ccc(OCC)cc1. The van der Waals surface area contributed by atoms with Crippen molar-refractivity contribution in [1.29, 1.82) is 0 Å². The summed E-state index contributed by atoms with van der Waals surface area (Å²) in [6.07, 6.45) is 5.00. The first kappa shape index (κ1) is 14.3. The van der Waals surface area contributed by atoms with Crippen LogP contribution in [0.3, 0.4) is 0 Å². The van der Waals surface area contributed by atoms with Gasteiger partial charge in [-0.1, -0.05) is 13.3 Å². The monoisotopic (exact) mass is 248 g/mol. The fraction of sp³-hybridized carbons (Fsp3) is 0.400. The van der Waals surface area contributed by atoms with Crippen LogP contribution < -0.4 is 4.74 Å². The molecular formula is C15H20O3. The van der Waals surface area contributed by atoms with Crippen LogP contribution in [0.15, 0.2) is 36.6 Å². The molecule has 0 N–H and O–H groups in total. The lowest BCUT2D eigenvalue weighted by molar-refractivity contribution is 0.104. The van der Waals surface area contributed by atoms with Crippen molar-refractivity contribution in [2.45, 2.75) is 26.7 Å². The molecule has 0 heterocycles. The van der Waals surface area contributed by atoms with Gasteiger partial charge < -0.3 is 9.47 Å². The molecule has 0 radical (unpaired) electrons. The molecule has 3 nitrogen and oxygen atoms in total. The van der Waals surface area contributed by atoms with Crippen molar-refractivity contribution in [3.8, 4) is 5.75 Å². The molecule has 0 unspecified atom stereocenters. The molecule has 98 valence electrons. The average Bonchev–Trinajstić information content (AvgIpc) is 2.39. The zero-order valence-electron chi connectivity index (χ0n) is 11.0. The van der Waals surface area contributed by atoms with Crippen LogP contribution >= 0.6 is 0 Å². The van der Waals surface area contributed by atoms with E-state index in [1.165, 1.54) is 12.3 Å². The van der Waals surface area contributed by atoms with Crippen molar-refractivity contribution < 1.29 is 14.3 Å². The minimum atomic E-state index is -0.0606. The molecule has 0 saturated carbocycles. The molecule has 0 bridgehead atoms. The standard InChI is InChI=1S/C15H20O3/c1-3-5-11-17-12-10-15(16)13-6-8-14(9-7-13)18-4-2/h6-10,12H,3-5,11H2,1-2H3/b12-10+. The van der Waals surface area contributed by atoms with Crippen molar-refractivity contribution in [3.05, 3.63) is 42.2 Å². The lowest BCUT2D eigenvalue weighted by Gasteiger charge is -2.03. The summed E-state index contributed by atoms with van der Waals surface area (Å²) in [6, 6.07) is 7.10. The Balaban J connectivity index is 2.46. The number of rotatable bonds is 8. The maximum absolute atomic E-state index is 11.7. The van der Waals surface area contributed by atoms with Gasteiger partial charge in [-0.05, 0) is 37.6 Å². The molecular weight excluding hydrogens is 228 g/mol. The van der Waals surface area contributed by atoms with Crippen LogP contribution in [-0.4, -0.2) is 19.0 Å². The van der Waals surface area contributed by atoms with E-state index in [9.17, 15) is 4.79 Å². The van der Waals surface area contributed by atoms with Gasteiger partial charge >= 0.3 is 0 Å². The lowest BCUT2D eigenvalue weighted by Crippen LogP contribution is -1.96. The Kier molecular flexibility index (Phi) is 6.62. The summed E-state index contributed by atoms with van der Waals surface area (Å²) in [7, 11) is 0. The maximum Gasteiger partial charge on any atom is 0.188 e. The molecule has 1 aromatic rings. The molecule has 0 atom stereocenters. The highest BCUT2D eigenvalue weighted by Crippen LogP contribution is 2.12. The highest BCUT2D eigenvalue weighted by atomic mass is 16.5. The second kappa shape index (κ2) is 8.34. The third-order valence-electron chi connectivity index (χ3n) is 2.38. The van der Waals surface area contributed by atoms with Gasteiger partial charge in [0.15, 0.2) is 5.78 Å². The van der Waals surface area contributed by atoms with Gasteiger partial charge in [0.1, 0.15) is 5.75 Å². The highest BCUT2D eigenvalue weighted by molar-refractivity contribution is 6.04. The second-order valence-corrected chi connectivity index (χ2v) is 3.85. The van der Waals surface area contributed by atoms with Crippen LogP contribution in [0.5, 0.6) is 5.75 Å². The van der Waals surface area contributed by atoms with Crippen LogP contribution in [0, 0.1) is 0 Å². The van der Waals surface area contributed by atoms with Gasteiger partial charge in [0, 0.05) is 11.6 Å². The van der Waals surface area contributed by atoms with Crippen LogP contribution in [0.2, 0.25) is 0 Å². The highest BCUT2D eigenvalue weighted by Gasteiger charge is 2.01. The van der Waals surface area contributed by atoms with Crippen molar-refractivity contribution >= 4 is 5.78 Å². The molecule has 0 aliphatic heterocycles. The predicted octanol–water partition coefficient (Wildman–Crippen LogP) is 3.60. The Morgan fingerprint density at radius 1 is 1.22 bits per heavy atom. The number of hydrogen-bond acceptors (Lipinski definition) is 3. The summed E-state index contributed by atoms with van der Waals surface area (Å²) in [4.78, 5) is 11.7. The largest absolute Gasteiger partial charge is 0.501 e. The van der Waals surface area contributed by atoms with Crippen LogP contribution in [0.1, 0.15) is 37.0 Å². The summed E-state index contributed by atoms with van der Waals surface area (Å²) in [6.45, 7) is 5.30. The van der Waals surface area contributed by atoms with E-state index in [0.29, 0.717) is 18.8 Å². The van der Waals surface area contributed by atoms with E-state index >= 15 is 0 Å². The first-order valence-corrected chi connectivity index (χ1v) is 6.33. The van der Waals surface area contributed by atoms with Gasteiger partial charge in [-0.15, -0.1) is 0 Å². The van der Waals surface area contributed by atoms with E-state index in [1.807, 2.05) is 6.92 Å². The number of unbranched alkanes of at least 4 members (excludes halogenated alkanes) is 1. The summed E-state index contributed by atoms with van der Waals surface area (Å²) >= 11 is 0. The van der Waals surface area contributed by atoms with Crippen LogP contribution in [0.4, 0.5) is 0 Å². The predicted molar refractivity (Wildman–Crippen MR) is 71.9 cm³/mol. The molecule has 1 rings (SSSR count). The van der Waals surface area contributed by atoms with Crippen molar-refractivity contribution in [3.63, 3.8) is 0 Å². The average molecular weight is 248 g/mol. The van der Waals surface area contributed by atoms with E-state index in [-0.39, 0.29) is 5.78 Å². The molecule has 0 saturated heterocycles. The van der Waals surface area contributed by atoms with Crippen LogP contribution in [-0.2, 0) is 4.74 Å². The molecule has 0 fully saturated rings. The normalized spacial score (nSPS) is 10.6. The van der Waals surface area contributed by atoms with Gasteiger partial charge in [0.25, 0.3) is 0 Å². The van der Waals surface area contributed by atoms with E-state index < -0.39 is 0 Å². The molecule has 0 aliphatic rings. The van der Waals surface area contributed by atoms with Gasteiger partial charge in [-0.3, -0.25) is 4.79 Å². The van der Waals surface area contributed by atoms with Crippen molar-refractivity contribution in [2.24, 2.45) is 0 Å². The Labute approximate surface area is 108 Å². The minimum absolute atomic E-state index is 0.0606. The number of carbonyl (C=O) groups excluding carboxylic acids is 1. The third kappa shape index (κ3) is 5.04. The van der Waals surface area contributed by atoms with Crippen LogP contribution in [0.25, 0.3) is 0 Å². The summed E-state index contributed by atoms with van der Waals surface area (Å²) < 4.78 is 10.5. The van der Waals surface area contributed by atoms with Gasteiger partial charge in [-0.25, -0.2) is 0 Å². The van der Waals surface area contributed by atoms with E-state index in [2.05, 4.69) is 6.92 Å².